The SMILES string of the molecule is O=C(Nc1ccccn1)C(=S)NNCc1ccncc1. The van der Waals surface area contributed by atoms with Crippen LogP contribution < -0.4 is 16.2 Å². The zero-order chi connectivity index (χ0) is 14.2. The van der Waals surface area contributed by atoms with Crippen LogP contribution in [0.2, 0.25) is 0 Å². The predicted molar refractivity (Wildman–Crippen MR) is 79.7 cm³/mol. The minimum absolute atomic E-state index is 0.0460. The molecule has 2 heterocycles. The number of hydrogen-bond acceptors (Lipinski definition) is 5. The molecule has 0 aliphatic heterocycles. The number of carbonyl (C=O) groups excluding carboxylic acids is 1. The van der Waals surface area contributed by atoms with Crippen LogP contribution >= 0.6 is 12.2 Å². The average molecular weight is 287 g/mol. The first-order valence-electron chi connectivity index (χ1n) is 5.90. The van der Waals surface area contributed by atoms with E-state index in [1.165, 1.54) is 0 Å². The van der Waals surface area contributed by atoms with Gasteiger partial charge in [-0.05, 0) is 29.8 Å². The summed E-state index contributed by atoms with van der Waals surface area (Å²) in [5.74, 6) is 0.0386. The molecule has 0 aliphatic carbocycles. The van der Waals surface area contributed by atoms with Crippen LogP contribution in [-0.4, -0.2) is 20.9 Å². The molecule has 0 fully saturated rings. The molecule has 20 heavy (non-hydrogen) atoms. The predicted octanol–water partition coefficient (Wildman–Crippen LogP) is 1.04. The third kappa shape index (κ3) is 4.38. The number of carbonyl (C=O) groups is 1. The first-order valence-corrected chi connectivity index (χ1v) is 6.30. The smallest absolute Gasteiger partial charge is 0.285 e. The van der Waals surface area contributed by atoms with E-state index < -0.39 is 5.91 Å². The molecule has 0 bridgehead atoms. The molecular formula is C13H13N5OS. The van der Waals surface area contributed by atoms with Gasteiger partial charge in [0.05, 0.1) is 0 Å². The summed E-state index contributed by atoms with van der Waals surface area (Å²) in [5, 5.41) is 2.59. The minimum Gasteiger partial charge on any atom is -0.307 e. The highest BCUT2D eigenvalue weighted by atomic mass is 32.1. The van der Waals surface area contributed by atoms with E-state index in [0.717, 1.165) is 5.56 Å². The zero-order valence-electron chi connectivity index (χ0n) is 10.5. The van der Waals surface area contributed by atoms with Gasteiger partial charge < -0.3 is 10.7 Å². The van der Waals surface area contributed by atoms with Crippen molar-refractivity contribution in [2.45, 2.75) is 6.54 Å². The van der Waals surface area contributed by atoms with Crippen molar-refractivity contribution in [3.05, 3.63) is 54.5 Å². The highest BCUT2D eigenvalue weighted by molar-refractivity contribution is 7.82. The Balaban J connectivity index is 1.76. The summed E-state index contributed by atoms with van der Waals surface area (Å²) < 4.78 is 0. The standard InChI is InChI=1S/C13H13N5OS/c19-12(17-11-3-1-2-6-15-11)13(20)18-16-9-10-4-7-14-8-5-10/h1-8,16H,9H2,(H,18,20)(H,15,17,19). The fraction of sp³-hybridized carbons (Fsp3) is 0.0769. The first-order chi connectivity index (χ1) is 9.75. The summed E-state index contributed by atoms with van der Waals surface area (Å²) in [7, 11) is 0. The van der Waals surface area contributed by atoms with Crippen molar-refractivity contribution in [1.29, 1.82) is 0 Å². The highest BCUT2D eigenvalue weighted by Crippen LogP contribution is 1.99. The molecule has 0 atom stereocenters. The van der Waals surface area contributed by atoms with Crippen molar-refractivity contribution in [1.82, 2.24) is 20.8 Å². The number of nitrogens with zero attached hydrogens (tertiary/aromatic N) is 2. The molecule has 0 radical (unpaired) electrons. The summed E-state index contributed by atoms with van der Waals surface area (Å²) >= 11 is 4.97. The van der Waals surface area contributed by atoms with Crippen LogP contribution in [0, 0.1) is 0 Å². The lowest BCUT2D eigenvalue weighted by atomic mass is 10.3. The molecule has 0 spiro atoms. The Morgan fingerprint density at radius 1 is 1.15 bits per heavy atom. The molecule has 0 saturated heterocycles. The van der Waals surface area contributed by atoms with E-state index in [0.29, 0.717) is 12.4 Å². The Labute approximate surface area is 121 Å². The van der Waals surface area contributed by atoms with Crippen molar-refractivity contribution >= 4 is 28.9 Å². The third-order valence-electron chi connectivity index (χ3n) is 2.36. The lowest BCUT2D eigenvalue weighted by Gasteiger charge is -2.09. The number of anilines is 1. The summed E-state index contributed by atoms with van der Waals surface area (Å²) in [6.07, 6.45) is 4.99. The maximum Gasteiger partial charge on any atom is 0.285 e. The van der Waals surface area contributed by atoms with Crippen LogP contribution in [0.5, 0.6) is 0 Å². The van der Waals surface area contributed by atoms with Crippen molar-refractivity contribution in [3.8, 4) is 0 Å². The minimum atomic E-state index is -0.416. The monoisotopic (exact) mass is 287 g/mol. The highest BCUT2D eigenvalue weighted by Gasteiger charge is 2.08. The lowest BCUT2D eigenvalue weighted by molar-refractivity contribution is -0.110. The summed E-state index contributed by atoms with van der Waals surface area (Å²) in [4.78, 5) is 19.7. The quantitative estimate of drug-likeness (QED) is 0.576. The fourth-order valence-corrected chi connectivity index (χ4v) is 1.52. The van der Waals surface area contributed by atoms with Crippen molar-refractivity contribution in [2.75, 3.05) is 5.32 Å². The Morgan fingerprint density at radius 3 is 2.65 bits per heavy atom. The lowest BCUT2D eigenvalue weighted by Crippen LogP contribution is -2.42. The number of amides is 1. The number of aromatic nitrogens is 2. The molecule has 6 nitrogen and oxygen atoms in total. The Kier molecular flexibility index (Phi) is 5.10. The van der Waals surface area contributed by atoms with E-state index in [4.69, 9.17) is 12.2 Å². The van der Waals surface area contributed by atoms with Crippen LogP contribution in [0.1, 0.15) is 5.56 Å². The maximum atomic E-state index is 11.7. The molecule has 2 rings (SSSR count). The van der Waals surface area contributed by atoms with Crippen LogP contribution in [-0.2, 0) is 11.3 Å². The Morgan fingerprint density at radius 2 is 1.95 bits per heavy atom. The van der Waals surface area contributed by atoms with E-state index in [9.17, 15) is 4.79 Å². The van der Waals surface area contributed by atoms with Gasteiger partial charge in [0, 0.05) is 25.1 Å². The zero-order valence-corrected chi connectivity index (χ0v) is 11.4. The average Bonchev–Trinajstić information content (AvgIpc) is 2.49. The van der Waals surface area contributed by atoms with Crippen LogP contribution in [0.15, 0.2) is 48.9 Å². The van der Waals surface area contributed by atoms with Gasteiger partial charge in [-0.15, -0.1) is 0 Å². The van der Waals surface area contributed by atoms with Gasteiger partial charge in [0.15, 0.2) is 4.99 Å². The first kappa shape index (κ1) is 14.0. The van der Waals surface area contributed by atoms with E-state index >= 15 is 0 Å². The van der Waals surface area contributed by atoms with Crippen LogP contribution in [0.4, 0.5) is 5.82 Å². The number of hydrazine groups is 1. The molecule has 3 N–H and O–H groups in total. The van der Waals surface area contributed by atoms with E-state index in [1.807, 2.05) is 12.1 Å². The molecule has 0 aromatic carbocycles. The number of pyridine rings is 2. The second kappa shape index (κ2) is 7.27. The molecule has 7 heteroatoms. The number of hydrogen-bond donors (Lipinski definition) is 3. The van der Waals surface area contributed by atoms with Gasteiger partial charge in [-0.2, -0.15) is 0 Å². The summed E-state index contributed by atoms with van der Waals surface area (Å²) in [5.41, 5.74) is 6.57. The third-order valence-corrected chi connectivity index (χ3v) is 2.64. The molecule has 0 saturated carbocycles. The van der Waals surface area contributed by atoms with Gasteiger partial charge in [-0.25, -0.2) is 10.4 Å². The number of thiocarbonyl (C=S) groups is 1. The van der Waals surface area contributed by atoms with Gasteiger partial charge in [-0.3, -0.25) is 9.78 Å². The van der Waals surface area contributed by atoms with Gasteiger partial charge in [0.25, 0.3) is 5.91 Å². The van der Waals surface area contributed by atoms with Crippen molar-refractivity contribution < 1.29 is 4.79 Å². The topological polar surface area (TPSA) is 78.9 Å². The number of rotatable bonds is 4. The molecule has 2 aromatic heterocycles. The molecule has 0 aliphatic rings. The van der Waals surface area contributed by atoms with Crippen molar-refractivity contribution in [3.63, 3.8) is 0 Å². The number of nitrogens with one attached hydrogen (secondary N) is 3. The molecule has 1 amide bonds. The van der Waals surface area contributed by atoms with Crippen LogP contribution in [0.25, 0.3) is 0 Å². The Hall–Kier alpha value is -2.38. The molecular weight excluding hydrogens is 274 g/mol. The van der Waals surface area contributed by atoms with E-state index in [2.05, 4.69) is 26.1 Å². The van der Waals surface area contributed by atoms with Crippen LogP contribution in [0.3, 0.4) is 0 Å². The second-order valence-electron chi connectivity index (χ2n) is 3.83. The van der Waals surface area contributed by atoms with Gasteiger partial charge in [0.1, 0.15) is 5.82 Å². The maximum absolute atomic E-state index is 11.7. The Bertz CT molecular complexity index is 576. The van der Waals surface area contributed by atoms with Gasteiger partial charge >= 0.3 is 0 Å². The van der Waals surface area contributed by atoms with E-state index in [1.54, 1.807) is 36.8 Å². The molecule has 102 valence electrons. The molecule has 2 aromatic rings. The van der Waals surface area contributed by atoms with Crippen molar-refractivity contribution in [2.24, 2.45) is 0 Å². The van der Waals surface area contributed by atoms with E-state index in [-0.39, 0.29) is 4.99 Å². The summed E-state index contributed by atoms with van der Waals surface area (Å²) in [6, 6.07) is 8.96. The second-order valence-corrected chi connectivity index (χ2v) is 4.24. The summed E-state index contributed by atoms with van der Waals surface area (Å²) in [6.45, 7) is 0.527. The van der Waals surface area contributed by atoms with Gasteiger partial charge in [0.2, 0.25) is 0 Å². The van der Waals surface area contributed by atoms with Gasteiger partial charge in [-0.1, -0.05) is 18.3 Å². The largest absolute Gasteiger partial charge is 0.307 e. The normalized spacial score (nSPS) is 9.80. The molecule has 0 unspecified atom stereocenters. The fourth-order valence-electron chi connectivity index (χ4n) is 1.39.